The summed E-state index contributed by atoms with van der Waals surface area (Å²) >= 11 is 6.07. The molecule has 1 aromatic carbocycles. The van der Waals surface area contributed by atoms with Gasteiger partial charge >= 0.3 is 5.97 Å². The number of carbonyl (C=O) groups is 2. The van der Waals surface area contributed by atoms with Gasteiger partial charge in [0.1, 0.15) is 11.8 Å². The lowest BCUT2D eigenvalue weighted by Gasteiger charge is -2.35. The number of hydrogen-bond acceptors (Lipinski definition) is 5. The highest BCUT2D eigenvalue weighted by Crippen LogP contribution is 2.24. The van der Waals surface area contributed by atoms with Gasteiger partial charge < -0.3 is 14.4 Å². The number of piperidine rings is 1. The van der Waals surface area contributed by atoms with Crippen molar-refractivity contribution in [3.63, 3.8) is 0 Å². The highest BCUT2D eigenvalue weighted by Gasteiger charge is 2.33. The van der Waals surface area contributed by atoms with Gasteiger partial charge in [0.15, 0.2) is 0 Å². The normalized spacial score (nSPS) is 17.3. The standard InChI is InChI=1S/C19H27ClN2O4/c1-4-26-19(24)16-7-5-6-10-22(16)18(23)13-21(2)12-14-11-15(20)8-9-17(14)25-3/h8-9,11,16H,4-7,10,12-13H2,1-3H3. The fourth-order valence-corrected chi connectivity index (χ4v) is 3.45. The lowest BCUT2D eigenvalue weighted by atomic mass is 10.0. The highest BCUT2D eigenvalue weighted by molar-refractivity contribution is 6.30. The fourth-order valence-electron chi connectivity index (χ4n) is 3.25. The number of carbonyl (C=O) groups excluding carboxylic acids is 2. The SMILES string of the molecule is CCOC(=O)C1CCCCN1C(=O)CN(C)Cc1cc(Cl)ccc1OC. The molecule has 1 aliphatic rings. The van der Waals surface area contributed by atoms with Crippen molar-refractivity contribution < 1.29 is 19.1 Å². The van der Waals surface area contributed by atoms with Crippen molar-refractivity contribution in [2.24, 2.45) is 0 Å². The Morgan fingerprint density at radius 1 is 1.35 bits per heavy atom. The molecule has 1 aromatic rings. The van der Waals surface area contributed by atoms with Crippen molar-refractivity contribution in [2.75, 3.05) is 33.9 Å². The maximum Gasteiger partial charge on any atom is 0.328 e. The molecule has 1 unspecified atom stereocenters. The van der Waals surface area contributed by atoms with E-state index in [9.17, 15) is 9.59 Å². The number of methoxy groups -OCH3 is 1. The Bertz CT molecular complexity index is 638. The van der Waals surface area contributed by atoms with Gasteiger partial charge in [0.25, 0.3) is 0 Å². The molecule has 1 aliphatic heterocycles. The summed E-state index contributed by atoms with van der Waals surface area (Å²) in [5.74, 6) is 0.363. The third-order valence-electron chi connectivity index (χ3n) is 4.47. The minimum absolute atomic E-state index is 0.0637. The number of benzene rings is 1. The Kier molecular flexibility index (Phi) is 7.72. The fraction of sp³-hybridized carbons (Fsp3) is 0.579. The molecular formula is C19H27ClN2O4. The van der Waals surface area contributed by atoms with E-state index in [0.29, 0.717) is 31.1 Å². The first kappa shape index (κ1) is 20.5. The molecule has 7 heteroatoms. The summed E-state index contributed by atoms with van der Waals surface area (Å²) in [5.41, 5.74) is 0.913. The predicted octanol–water partition coefficient (Wildman–Crippen LogP) is 2.72. The van der Waals surface area contributed by atoms with Gasteiger partial charge in [0.05, 0.1) is 20.3 Å². The number of ether oxygens (including phenoxy) is 2. The van der Waals surface area contributed by atoms with Crippen molar-refractivity contribution >= 4 is 23.5 Å². The number of hydrogen-bond donors (Lipinski definition) is 0. The first-order valence-electron chi connectivity index (χ1n) is 8.93. The number of halogens is 1. The Morgan fingerprint density at radius 3 is 2.81 bits per heavy atom. The minimum atomic E-state index is -0.467. The molecule has 1 fully saturated rings. The van der Waals surface area contributed by atoms with Crippen molar-refractivity contribution in [2.45, 2.75) is 38.8 Å². The second-order valence-corrected chi connectivity index (χ2v) is 6.92. The second-order valence-electron chi connectivity index (χ2n) is 6.48. The molecule has 0 N–H and O–H groups in total. The van der Waals surface area contributed by atoms with Gasteiger partial charge in [-0.2, -0.15) is 0 Å². The topological polar surface area (TPSA) is 59.1 Å². The number of rotatable bonds is 7. The lowest BCUT2D eigenvalue weighted by Crippen LogP contribution is -2.51. The molecule has 0 bridgehead atoms. The third kappa shape index (κ3) is 5.35. The smallest absolute Gasteiger partial charge is 0.328 e. The predicted molar refractivity (Wildman–Crippen MR) is 100 cm³/mol. The van der Waals surface area contributed by atoms with Crippen molar-refractivity contribution in [1.29, 1.82) is 0 Å². The number of likely N-dealkylation sites (N-methyl/N-ethyl adjacent to an activating group) is 1. The number of esters is 1. The minimum Gasteiger partial charge on any atom is -0.496 e. The Balaban J connectivity index is 2.01. The molecular weight excluding hydrogens is 356 g/mol. The van der Waals surface area contributed by atoms with Gasteiger partial charge in [-0.3, -0.25) is 9.69 Å². The summed E-state index contributed by atoms with van der Waals surface area (Å²) in [6, 6.07) is 4.95. The van der Waals surface area contributed by atoms with Crippen molar-refractivity contribution in [1.82, 2.24) is 9.80 Å². The average Bonchev–Trinajstić information content (AvgIpc) is 2.62. The first-order valence-corrected chi connectivity index (χ1v) is 9.31. The Labute approximate surface area is 160 Å². The van der Waals surface area contributed by atoms with E-state index in [1.807, 2.05) is 24.1 Å². The lowest BCUT2D eigenvalue weighted by molar-refractivity contribution is -0.157. The van der Waals surface area contributed by atoms with E-state index < -0.39 is 6.04 Å². The van der Waals surface area contributed by atoms with E-state index in [0.717, 1.165) is 24.2 Å². The van der Waals surface area contributed by atoms with Gasteiger partial charge in [-0.1, -0.05) is 11.6 Å². The van der Waals surface area contributed by atoms with Crippen molar-refractivity contribution in [3.8, 4) is 5.75 Å². The molecule has 1 saturated heterocycles. The van der Waals surface area contributed by atoms with Crippen LogP contribution in [0.15, 0.2) is 18.2 Å². The molecule has 0 aliphatic carbocycles. The van der Waals surface area contributed by atoms with Crippen LogP contribution in [0.25, 0.3) is 0 Å². The zero-order chi connectivity index (χ0) is 19.1. The van der Waals surface area contributed by atoms with Crippen LogP contribution in [0.4, 0.5) is 0 Å². The van der Waals surface area contributed by atoms with Gasteiger partial charge in [-0.05, 0) is 51.4 Å². The summed E-state index contributed by atoms with van der Waals surface area (Å²) in [6.07, 6.45) is 2.51. The molecule has 0 saturated carbocycles. The van der Waals surface area contributed by atoms with Crippen LogP contribution >= 0.6 is 11.6 Å². The van der Waals surface area contributed by atoms with Crippen molar-refractivity contribution in [3.05, 3.63) is 28.8 Å². The maximum atomic E-state index is 12.8. The Hall–Kier alpha value is -1.79. The van der Waals surface area contributed by atoms with Crippen LogP contribution in [0.5, 0.6) is 5.75 Å². The van der Waals surface area contributed by atoms with E-state index >= 15 is 0 Å². The van der Waals surface area contributed by atoms with Crippen LogP contribution in [0.1, 0.15) is 31.7 Å². The van der Waals surface area contributed by atoms with Gasteiger partial charge in [0, 0.05) is 23.7 Å². The molecule has 0 aromatic heterocycles. The summed E-state index contributed by atoms with van der Waals surface area (Å²) in [4.78, 5) is 28.5. The highest BCUT2D eigenvalue weighted by atomic mass is 35.5. The van der Waals surface area contributed by atoms with Crippen LogP contribution in [0.3, 0.4) is 0 Å². The molecule has 1 atom stereocenters. The van der Waals surface area contributed by atoms with Gasteiger partial charge in [-0.15, -0.1) is 0 Å². The summed E-state index contributed by atoms with van der Waals surface area (Å²) in [7, 11) is 3.47. The zero-order valence-electron chi connectivity index (χ0n) is 15.7. The molecule has 144 valence electrons. The summed E-state index contributed by atoms with van der Waals surface area (Å²) < 4.78 is 10.5. The van der Waals surface area contributed by atoms with Crippen LogP contribution in [0, 0.1) is 0 Å². The number of amides is 1. The average molecular weight is 383 g/mol. The second kappa shape index (κ2) is 9.78. The number of nitrogens with zero attached hydrogens (tertiary/aromatic N) is 2. The van der Waals surface area contributed by atoms with E-state index in [-0.39, 0.29) is 18.4 Å². The molecule has 6 nitrogen and oxygen atoms in total. The summed E-state index contributed by atoms with van der Waals surface area (Å²) in [6.45, 7) is 3.43. The molecule has 26 heavy (non-hydrogen) atoms. The molecule has 2 rings (SSSR count). The monoisotopic (exact) mass is 382 g/mol. The Morgan fingerprint density at radius 2 is 2.12 bits per heavy atom. The van der Waals surface area contributed by atoms with Crippen LogP contribution in [-0.4, -0.2) is 61.6 Å². The van der Waals surface area contributed by atoms with Crippen LogP contribution in [-0.2, 0) is 20.9 Å². The summed E-state index contributed by atoms with van der Waals surface area (Å²) in [5, 5.41) is 0.624. The first-order chi connectivity index (χ1) is 12.5. The zero-order valence-corrected chi connectivity index (χ0v) is 16.4. The molecule has 0 radical (unpaired) electrons. The van der Waals surface area contributed by atoms with Gasteiger partial charge in [0.2, 0.25) is 5.91 Å². The van der Waals surface area contributed by atoms with E-state index in [2.05, 4.69) is 0 Å². The molecule has 1 amide bonds. The van der Waals surface area contributed by atoms with E-state index in [4.69, 9.17) is 21.1 Å². The molecule has 1 heterocycles. The van der Waals surface area contributed by atoms with Crippen LogP contribution in [0.2, 0.25) is 5.02 Å². The van der Waals surface area contributed by atoms with E-state index in [1.54, 1.807) is 25.0 Å². The molecule has 0 spiro atoms. The largest absolute Gasteiger partial charge is 0.496 e. The number of likely N-dealkylation sites (tertiary alicyclic amines) is 1. The van der Waals surface area contributed by atoms with E-state index in [1.165, 1.54) is 0 Å². The van der Waals surface area contributed by atoms with Gasteiger partial charge in [-0.25, -0.2) is 4.79 Å². The third-order valence-corrected chi connectivity index (χ3v) is 4.70. The van der Waals surface area contributed by atoms with Crippen LogP contribution < -0.4 is 4.74 Å². The maximum absolute atomic E-state index is 12.8. The quantitative estimate of drug-likeness (QED) is 0.678.